The molecular formula is C15H14OS. The van der Waals surface area contributed by atoms with E-state index in [0.29, 0.717) is 6.42 Å². The highest BCUT2D eigenvalue weighted by Gasteiger charge is 2.05. The van der Waals surface area contributed by atoms with Crippen molar-refractivity contribution in [3.63, 3.8) is 0 Å². The van der Waals surface area contributed by atoms with Crippen LogP contribution in [-0.2, 0) is 11.2 Å². The van der Waals surface area contributed by atoms with E-state index in [1.165, 1.54) is 17.3 Å². The van der Waals surface area contributed by atoms with Gasteiger partial charge in [0.2, 0.25) is 0 Å². The Kier molecular flexibility index (Phi) is 3.99. The van der Waals surface area contributed by atoms with Crippen molar-refractivity contribution in [3.8, 4) is 0 Å². The number of rotatable bonds is 3. The van der Waals surface area contributed by atoms with Gasteiger partial charge in [-0.3, -0.25) is 4.79 Å². The second kappa shape index (κ2) is 5.69. The molecule has 0 bridgehead atoms. The predicted molar refractivity (Wildman–Crippen MR) is 72.2 cm³/mol. The summed E-state index contributed by atoms with van der Waals surface area (Å²) in [6, 6.07) is 17.9. The van der Waals surface area contributed by atoms with Crippen molar-refractivity contribution in [1.29, 1.82) is 0 Å². The molecule has 0 aliphatic rings. The van der Waals surface area contributed by atoms with E-state index < -0.39 is 0 Å². The van der Waals surface area contributed by atoms with Crippen LogP contribution in [0.25, 0.3) is 0 Å². The standard InChI is InChI=1S/C15H14OS/c1-12-7-9-13(10-8-12)11-15(16)17-14-5-3-2-4-6-14/h2-10H,11H2,1H3. The molecule has 0 aliphatic heterocycles. The molecule has 0 unspecified atom stereocenters. The minimum absolute atomic E-state index is 0.181. The first kappa shape index (κ1) is 11.9. The van der Waals surface area contributed by atoms with Crippen LogP contribution in [0.4, 0.5) is 0 Å². The molecule has 0 amide bonds. The summed E-state index contributed by atoms with van der Waals surface area (Å²) in [6.07, 6.45) is 0.486. The van der Waals surface area contributed by atoms with Crippen LogP contribution in [0.3, 0.4) is 0 Å². The summed E-state index contributed by atoms with van der Waals surface area (Å²) in [6.45, 7) is 2.05. The number of benzene rings is 2. The minimum Gasteiger partial charge on any atom is -0.286 e. The van der Waals surface area contributed by atoms with Crippen LogP contribution < -0.4 is 0 Å². The Morgan fingerprint density at radius 3 is 2.29 bits per heavy atom. The summed E-state index contributed by atoms with van der Waals surface area (Å²) in [5.74, 6) is 0. The van der Waals surface area contributed by atoms with Gasteiger partial charge in [0.15, 0.2) is 5.12 Å². The van der Waals surface area contributed by atoms with Gasteiger partial charge < -0.3 is 0 Å². The number of aryl methyl sites for hydroxylation is 1. The highest BCUT2D eigenvalue weighted by atomic mass is 32.2. The Labute approximate surface area is 106 Å². The van der Waals surface area contributed by atoms with Gasteiger partial charge in [-0.15, -0.1) is 0 Å². The van der Waals surface area contributed by atoms with Gasteiger partial charge in [0.25, 0.3) is 0 Å². The number of carbonyl (C=O) groups excluding carboxylic acids is 1. The number of hydrogen-bond donors (Lipinski definition) is 0. The van der Waals surface area contributed by atoms with Gasteiger partial charge in [0.1, 0.15) is 0 Å². The zero-order valence-electron chi connectivity index (χ0n) is 9.72. The van der Waals surface area contributed by atoms with Gasteiger partial charge in [-0.2, -0.15) is 0 Å². The summed E-state index contributed by atoms with van der Waals surface area (Å²) in [5.41, 5.74) is 2.29. The summed E-state index contributed by atoms with van der Waals surface area (Å²) in [5, 5.41) is 0.181. The normalized spacial score (nSPS) is 10.2. The van der Waals surface area contributed by atoms with E-state index in [4.69, 9.17) is 0 Å². The van der Waals surface area contributed by atoms with E-state index in [1.807, 2.05) is 61.5 Å². The number of carbonyl (C=O) groups is 1. The third kappa shape index (κ3) is 3.75. The molecule has 1 nitrogen and oxygen atoms in total. The van der Waals surface area contributed by atoms with Crippen LogP contribution >= 0.6 is 11.8 Å². The third-order valence-corrected chi connectivity index (χ3v) is 3.32. The Hall–Kier alpha value is -1.54. The van der Waals surface area contributed by atoms with Crippen LogP contribution in [0.2, 0.25) is 0 Å². The van der Waals surface area contributed by atoms with E-state index in [-0.39, 0.29) is 5.12 Å². The van der Waals surface area contributed by atoms with Gasteiger partial charge in [-0.25, -0.2) is 0 Å². The number of thioether (sulfide) groups is 1. The Bertz CT molecular complexity index is 488. The lowest BCUT2D eigenvalue weighted by Crippen LogP contribution is -1.97. The van der Waals surface area contributed by atoms with Crippen molar-refractivity contribution >= 4 is 16.9 Å². The molecule has 2 rings (SSSR count). The highest BCUT2D eigenvalue weighted by molar-refractivity contribution is 8.13. The second-order valence-corrected chi connectivity index (χ2v) is 5.08. The average Bonchev–Trinajstić information content (AvgIpc) is 2.33. The molecule has 86 valence electrons. The molecule has 0 heterocycles. The van der Waals surface area contributed by atoms with E-state index in [0.717, 1.165) is 10.5 Å². The molecule has 0 atom stereocenters. The maximum atomic E-state index is 11.8. The molecule has 0 fully saturated rings. The topological polar surface area (TPSA) is 17.1 Å². The second-order valence-electron chi connectivity index (χ2n) is 3.95. The third-order valence-electron chi connectivity index (χ3n) is 2.44. The lowest BCUT2D eigenvalue weighted by Gasteiger charge is -2.01. The van der Waals surface area contributed by atoms with Gasteiger partial charge in [0.05, 0.1) is 0 Å². The fraction of sp³-hybridized carbons (Fsp3) is 0.133. The summed E-state index contributed by atoms with van der Waals surface area (Å²) < 4.78 is 0. The van der Waals surface area contributed by atoms with Crippen molar-refractivity contribution in [2.75, 3.05) is 0 Å². The molecule has 0 saturated heterocycles. The molecular weight excluding hydrogens is 228 g/mol. The van der Waals surface area contributed by atoms with Gasteiger partial charge in [-0.1, -0.05) is 59.8 Å². The Morgan fingerprint density at radius 2 is 1.65 bits per heavy atom. The predicted octanol–water partition coefficient (Wildman–Crippen LogP) is 3.86. The smallest absolute Gasteiger partial charge is 0.198 e. The molecule has 0 radical (unpaired) electrons. The fourth-order valence-corrected chi connectivity index (χ4v) is 2.32. The summed E-state index contributed by atoms with van der Waals surface area (Å²) in [4.78, 5) is 12.8. The Morgan fingerprint density at radius 1 is 1.00 bits per heavy atom. The van der Waals surface area contributed by atoms with Crippen molar-refractivity contribution < 1.29 is 4.79 Å². The molecule has 0 saturated carbocycles. The zero-order chi connectivity index (χ0) is 12.1. The van der Waals surface area contributed by atoms with Crippen LogP contribution in [0.5, 0.6) is 0 Å². The fourth-order valence-electron chi connectivity index (χ4n) is 1.53. The highest BCUT2D eigenvalue weighted by Crippen LogP contribution is 2.20. The maximum absolute atomic E-state index is 11.8. The quantitative estimate of drug-likeness (QED) is 0.760. The van der Waals surface area contributed by atoms with Gasteiger partial charge >= 0.3 is 0 Å². The molecule has 0 aromatic heterocycles. The van der Waals surface area contributed by atoms with Crippen molar-refractivity contribution in [2.45, 2.75) is 18.2 Å². The average molecular weight is 242 g/mol. The summed E-state index contributed by atoms with van der Waals surface area (Å²) >= 11 is 1.30. The lowest BCUT2D eigenvalue weighted by molar-refractivity contribution is -0.110. The summed E-state index contributed by atoms with van der Waals surface area (Å²) in [7, 11) is 0. The van der Waals surface area contributed by atoms with E-state index in [1.54, 1.807) is 0 Å². The van der Waals surface area contributed by atoms with Crippen LogP contribution in [-0.4, -0.2) is 5.12 Å². The SMILES string of the molecule is Cc1ccc(CC(=O)Sc2ccccc2)cc1. The molecule has 2 heteroatoms. The zero-order valence-corrected chi connectivity index (χ0v) is 10.5. The molecule has 0 N–H and O–H groups in total. The lowest BCUT2D eigenvalue weighted by atomic mass is 10.1. The van der Waals surface area contributed by atoms with Crippen LogP contribution in [0.1, 0.15) is 11.1 Å². The van der Waals surface area contributed by atoms with Gasteiger partial charge in [0, 0.05) is 11.3 Å². The first-order valence-corrected chi connectivity index (χ1v) is 6.37. The van der Waals surface area contributed by atoms with Crippen LogP contribution in [0.15, 0.2) is 59.5 Å². The minimum atomic E-state index is 0.181. The van der Waals surface area contributed by atoms with Crippen molar-refractivity contribution in [2.24, 2.45) is 0 Å². The van der Waals surface area contributed by atoms with E-state index in [2.05, 4.69) is 0 Å². The van der Waals surface area contributed by atoms with E-state index in [9.17, 15) is 4.79 Å². The number of hydrogen-bond acceptors (Lipinski definition) is 2. The largest absolute Gasteiger partial charge is 0.286 e. The van der Waals surface area contributed by atoms with Crippen molar-refractivity contribution in [3.05, 3.63) is 65.7 Å². The van der Waals surface area contributed by atoms with Crippen molar-refractivity contribution in [1.82, 2.24) is 0 Å². The molecule has 17 heavy (non-hydrogen) atoms. The van der Waals surface area contributed by atoms with E-state index >= 15 is 0 Å². The first-order chi connectivity index (χ1) is 8.24. The molecule has 2 aromatic rings. The molecule has 2 aromatic carbocycles. The maximum Gasteiger partial charge on any atom is 0.198 e. The Balaban J connectivity index is 1.96. The molecule has 0 aliphatic carbocycles. The van der Waals surface area contributed by atoms with Gasteiger partial charge in [-0.05, 0) is 24.6 Å². The van der Waals surface area contributed by atoms with Crippen LogP contribution in [0, 0.1) is 6.92 Å². The monoisotopic (exact) mass is 242 g/mol. The molecule has 0 spiro atoms. The first-order valence-electron chi connectivity index (χ1n) is 5.55.